The van der Waals surface area contributed by atoms with Crippen molar-refractivity contribution in [3.63, 3.8) is 0 Å². The van der Waals surface area contributed by atoms with E-state index in [1.165, 1.54) is 7.11 Å². The van der Waals surface area contributed by atoms with Crippen LogP contribution in [-0.4, -0.2) is 40.4 Å². The smallest absolute Gasteiger partial charge is 0.310 e. The number of ether oxygens (including phenoxy) is 3. The standard InChI is InChI=1S/C15H21NO4/c1-18-13-7-6-12(9-14(13)19-2)16-8-4-5-11(10-16)15(17)20-3/h6-7,9,11H,4-5,8,10H2,1-3H3. The molecule has 1 aliphatic heterocycles. The van der Waals surface area contributed by atoms with Crippen molar-refractivity contribution in [2.45, 2.75) is 12.8 Å². The van der Waals surface area contributed by atoms with Gasteiger partial charge in [0, 0.05) is 24.8 Å². The second-order valence-electron chi connectivity index (χ2n) is 4.85. The fourth-order valence-electron chi connectivity index (χ4n) is 2.59. The minimum absolute atomic E-state index is 0.0538. The SMILES string of the molecule is COC(=O)C1CCCN(c2ccc(OC)c(OC)c2)C1. The number of anilines is 1. The van der Waals surface area contributed by atoms with E-state index in [9.17, 15) is 4.79 Å². The summed E-state index contributed by atoms with van der Waals surface area (Å²) in [5, 5.41) is 0. The third kappa shape index (κ3) is 2.98. The summed E-state index contributed by atoms with van der Waals surface area (Å²) >= 11 is 0. The zero-order valence-electron chi connectivity index (χ0n) is 12.2. The Morgan fingerprint density at radius 1 is 1.20 bits per heavy atom. The van der Waals surface area contributed by atoms with Gasteiger partial charge < -0.3 is 19.1 Å². The van der Waals surface area contributed by atoms with E-state index in [4.69, 9.17) is 14.2 Å². The van der Waals surface area contributed by atoms with Gasteiger partial charge in [-0.15, -0.1) is 0 Å². The van der Waals surface area contributed by atoms with Gasteiger partial charge in [0.2, 0.25) is 0 Å². The van der Waals surface area contributed by atoms with E-state index in [2.05, 4.69) is 4.90 Å². The summed E-state index contributed by atoms with van der Waals surface area (Å²) in [6.45, 7) is 1.62. The number of esters is 1. The van der Waals surface area contributed by atoms with E-state index in [0.29, 0.717) is 18.0 Å². The lowest BCUT2D eigenvalue weighted by Crippen LogP contribution is -2.39. The fraction of sp³-hybridized carbons (Fsp3) is 0.533. The van der Waals surface area contributed by atoms with Crippen molar-refractivity contribution < 1.29 is 19.0 Å². The molecule has 0 radical (unpaired) electrons. The molecule has 1 fully saturated rings. The first-order valence-corrected chi connectivity index (χ1v) is 6.74. The van der Waals surface area contributed by atoms with Crippen LogP contribution in [0.2, 0.25) is 0 Å². The molecule has 110 valence electrons. The Bertz CT molecular complexity index is 475. The number of hydrogen-bond acceptors (Lipinski definition) is 5. The summed E-state index contributed by atoms with van der Waals surface area (Å²) in [7, 11) is 4.68. The Morgan fingerprint density at radius 2 is 1.95 bits per heavy atom. The number of piperidine rings is 1. The van der Waals surface area contributed by atoms with Crippen LogP contribution in [0, 0.1) is 5.92 Å². The molecule has 20 heavy (non-hydrogen) atoms. The third-order valence-corrected chi connectivity index (χ3v) is 3.69. The zero-order chi connectivity index (χ0) is 14.5. The number of methoxy groups -OCH3 is 3. The quantitative estimate of drug-likeness (QED) is 0.790. The Morgan fingerprint density at radius 3 is 2.60 bits per heavy atom. The lowest BCUT2D eigenvalue weighted by Gasteiger charge is -2.33. The molecule has 0 N–H and O–H groups in total. The topological polar surface area (TPSA) is 48.0 Å². The van der Waals surface area contributed by atoms with Gasteiger partial charge >= 0.3 is 5.97 Å². The first-order valence-electron chi connectivity index (χ1n) is 6.74. The molecular weight excluding hydrogens is 258 g/mol. The second kappa shape index (κ2) is 6.50. The lowest BCUT2D eigenvalue weighted by atomic mass is 9.97. The lowest BCUT2D eigenvalue weighted by molar-refractivity contribution is -0.145. The normalized spacial score (nSPS) is 18.6. The van der Waals surface area contributed by atoms with E-state index < -0.39 is 0 Å². The van der Waals surface area contributed by atoms with Crippen LogP contribution in [0.25, 0.3) is 0 Å². The molecule has 0 amide bonds. The number of benzene rings is 1. The molecule has 1 heterocycles. The number of hydrogen-bond donors (Lipinski definition) is 0. The third-order valence-electron chi connectivity index (χ3n) is 3.69. The Labute approximate surface area is 119 Å². The average molecular weight is 279 g/mol. The van der Waals surface area contributed by atoms with Crippen molar-refractivity contribution in [2.24, 2.45) is 5.92 Å². The second-order valence-corrected chi connectivity index (χ2v) is 4.85. The van der Waals surface area contributed by atoms with Crippen molar-refractivity contribution >= 4 is 11.7 Å². The highest BCUT2D eigenvalue weighted by Crippen LogP contribution is 2.33. The summed E-state index contributed by atoms with van der Waals surface area (Å²) in [6, 6.07) is 5.81. The molecule has 0 aromatic heterocycles. The predicted molar refractivity (Wildman–Crippen MR) is 76.5 cm³/mol. The largest absolute Gasteiger partial charge is 0.493 e. The molecule has 0 spiro atoms. The van der Waals surface area contributed by atoms with Gasteiger partial charge in [-0.1, -0.05) is 0 Å². The average Bonchev–Trinajstić information content (AvgIpc) is 2.53. The maximum absolute atomic E-state index is 11.7. The summed E-state index contributed by atoms with van der Waals surface area (Å²) in [5.74, 6) is 1.22. The van der Waals surface area contributed by atoms with Crippen molar-refractivity contribution in [3.05, 3.63) is 18.2 Å². The fourth-order valence-corrected chi connectivity index (χ4v) is 2.59. The molecule has 1 atom stereocenters. The Kier molecular flexibility index (Phi) is 4.71. The van der Waals surface area contributed by atoms with Crippen molar-refractivity contribution in [1.82, 2.24) is 0 Å². The summed E-state index contributed by atoms with van der Waals surface area (Å²) in [5.41, 5.74) is 1.04. The van der Waals surface area contributed by atoms with Crippen LogP contribution in [0.1, 0.15) is 12.8 Å². The van der Waals surface area contributed by atoms with Gasteiger partial charge in [-0.2, -0.15) is 0 Å². The van der Waals surface area contributed by atoms with Crippen LogP contribution in [0.4, 0.5) is 5.69 Å². The number of nitrogens with zero attached hydrogens (tertiary/aromatic N) is 1. The first-order chi connectivity index (χ1) is 9.69. The monoisotopic (exact) mass is 279 g/mol. The summed E-state index contributed by atoms with van der Waals surface area (Å²) in [4.78, 5) is 13.9. The van der Waals surface area contributed by atoms with Crippen LogP contribution in [-0.2, 0) is 9.53 Å². The Hall–Kier alpha value is -1.91. The number of carbonyl (C=O) groups excluding carboxylic acids is 1. The molecule has 2 rings (SSSR count). The molecule has 1 aliphatic rings. The first kappa shape index (κ1) is 14.5. The molecule has 0 saturated carbocycles. The van der Waals surface area contributed by atoms with Gasteiger partial charge in [-0.05, 0) is 25.0 Å². The van der Waals surface area contributed by atoms with Gasteiger partial charge in [0.1, 0.15) is 0 Å². The number of carbonyl (C=O) groups is 1. The predicted octanol–water partition coefficient (Wildman–Crippen LogP) is 2.09. The molecule has 1 aromatic carbocycles. The van der Waals surface area contributed by atoms with Gasteiger partial charge in [0.25, 0.3) is 0 Å². The maximum Gasteiger partial charge on any atom is 0.310 e. The van der Waals surface area contributed by atoms with Crippen LogP contribution in [0.5, 0.6) is 11.5 Å². The summed E-state index contributed by atoms with van der Waals surface area (Å²) in [6.07, 6.45) is 1.87. The molecular formula is C15H21NO4. The van der Waals surface area contributed by atoms with Crippen LogP contribution >= 0.6 is 0 Å². The minimum atomic E-state index is -0.129. The molecule has 0 aliphatic carbocycles. The molecule has 5 nitrogen and oxygen atoms in total. The van der Waals surface area contributed by atoms with E-state index in [0.717, 1.165) is 25.1 Å². The number of rotatable bonds is 4. The van der Waals surface area contributed by atoms with Gasteiger partial charge in [0.15, 0.2) is 11.5 Å². The molecule has 1 unspecified atom stereocenters. The minimum Gasteiger partial charge on any atom is -0.493 e. The summed E-state index contributed by atoms with van der Waals surface area (Å²) < 4.78 is 15.4. The van der Waals surface area contributed by atoms with Crippen molar-refractivity contribution in [2.75, 3.05) is 39.3 Å². The molecule has 0 bridgehead atoms. The van der Waals surface area contributed by atoms with Gasteiger partial charge in [0.05, 0.1) is 27.2 Å². The molecule has 5 heteroatoms. The highest BCUT2D eigenvalue weighted by molar-refractivity contribution is 5.73. The van der Waals surface area contributed by atoms with Gasteiger partial charge in [-0.25, -0.2) is 0 Å². The van der Waals surface area contributed by atoms with E-state index in [-0.39, 0.29) is 11.9 Å². The highest BCUT2D eigenvalue weighted by Gasteiger charge is 2.27. The van der Waals surface area contributed by atoms with Gasteiger partial charge in [-0.3, -0.25) is 4.79 Å². The maximum atomic E-state index is 11.7. The van der Waals surface area contributed by atoms with Crippen LogP contribution in [0.15, 0.2) is 18.2 Å². The van der Waals surface area contributed by atoms with Crippen LogP contribution < -0.4 is 14.4 Å². The van der Waals surface area contributed by atoms with Crippen molar-refractivity contribution in [3.8, 4) is 11.5 Å². The van der Waals surface area contributed by atoms with Crippen molar-refractivity contribution in [1.29, 1.82) is 0 Å². The highest BCUT2D eigenvalue weighted by atomic mass is 16.5. The Balaban J connectivity index is 2.16. The van der Waals surface area contributed by atoms with E-state index in [1.54, 1.807) is 14.2 Å². The molecule has 1 aromatic rings. The molecule has 1 saturated heterocycles. The van der Waals surface area contributed by atoms with E-state index >= 15 is 0 Å². The van der Waals surface area contributed by atoms with Crippen LogP contribution in [0.3, 0.4) is 0 Å². The van der Waals surface area contributed by atoms with E-state index in [1.807, 2.05) is 18.2 Å². The zero-order valence-corrected chi connectivity index (χ0v) is 12.2.